The number of rotatable bonds is 16. The zero-order valence-corrected chi connectivity index (χ0v) is 19.7. The molecule has 32 heavy (non-hydrogen) atoms. The quantitative estimate of drug-likeness (QED) is 0.199. The first-order valence-corrected chi connectivity index (χ1v) is 12.1. The summed E-state index contributed by atoms with van der Waals surface area (Å²) in [6.45, 7) is 5.92. The summed E-state index contributed by atoms with van der Waals surface area (Å²) < 4.78 is 11.5. The maximum absolute atomic E-state index is 12.2. The van der Waals surface area contributed by atoms with Crippen molar-refractivity contribution in [3.63, 3.8) is 0 Å². The van der Waals surface area contributed by atoms with Gasteiger partial charge in [-0.15, -0.1) is 0 Å². The fourth-order valence-corrected chi connectivity index (χ4v) is 3.20. The molecule has 0 aromatic heterocycles. The molecule has 3 heteroatoms. The molecular formula is C29H38O3. The summed E-state index contributed by atoms with van der Waals surface area (Å²) in [5.41, 5.74) is 1.95. The van der Waals surface area contributed by atoms with E-state index in [0.717, 1.165) is 48.7 Å². The Morgan fingerprint density at radius 3 is 1.41 bits per heavy atom. The average molecular weight is 435 g/mol. The topological polar surface area (TPSA) is 35.5 Å². The third-order valence-electron chi connectivity index (χ3n) is 5.17. The molecule has 0 radical (unpaired) electrons. The van der Waals surface area contributed by atoms with Gasteiger partial charge in [-0.3, -0.25) is 4.79 Å². The van der Waals surface area contributed by atoms with Crippen molar-refractivity contribution in [2.45, 2.75) is 65.2 Å². The van der Waals surface area contributed by atoms with Crippen LogP contribution in [0.15, 0.2) is 60.7 Å². The van der Waals surface area contributed by atoms with Crippen LogP contribution in [0.3, 0.4) is 0 Å². The Bertz CT molecular complexity index is 747. The van der Waals surface area contributed by atoms with Crippen LogP contribution in [-0.2, 0) is 4.79 Å². The van der Waals surface area contributed by atoms with Crippen molar-refractivity contribution in [2.75, 3.05) is 13.2 Å². The Labute approximate surface area is 194 Å². The van der Waals surface area contributed by atoms with Crippen LogP contribution in [0.2, 0.25) is 0 Å². The van der Waals surface area contributed by atoms with Gasteiger partial charge in [0.1, 0.15) is 11.5 Å². The molecule has 0 unspecified atom stereocenters. The van der Waals surface area contributed by atoms with Gasteiger partial charge < -0.3 is 9.47 Å². The minimum atomic E-state index is -0.0440. The number of allylic oxidation sites excluding steroid dienone is 2. The van der Waals surface area contributed by atoms with Crippen molar-refractivity contribution in [1.82, 2.24) is 0 Å². The third kappa shape index (κ3) is 11.0. The molecule has 172 valence electrons. The Morgan fingerprint density at radius 1 is 0.625 bits per heavy atom. The molecule has 2 aromatic rings. The van der Waals surface area contributed by atoms with E-state index in [1.165, 1.54) is 38.5 Å². The van der Waals surface area contributed by atoms with Crippen LogP contribution < -0.4 is 9.47 Å². The van der Waals surface area contributed by atoms with E-state index in [0.29, 0.717) is 0 Å². The summed E-state index contributed by atoms with van der Waals surface area (Å²) in [6, 6.07) is 15.7. The lowest BCUT2D eigenvalue weighted by atomic mass is 10.1. The van der Waals surface area contributed by atoms with Gasteiger partial charge in [-0.05, 0) is 60.4 Å². The minimum Gasteiger partial charge on any atom is -0.494 e. The second-order valence-electron chi connectivity index (χ2n) is 8.03. The van der Waals surface area contributed by atoms with Gasteiger partial charge in [0.25, 0.3) is 0 Å². The van der Waals surface area contributed by atoms with Gasteiger partial charge in [0, 0.05) is 0 Å². The lowest BCUT2D eigenvalue weighted by Gasteiger charge is -2.06. The fraction of sp³-hybridized carbons (Fsp3) is 0.414. The number of carbonyl (C=O) groups excluding carboxylic acids is 1. The van der Waals surface area contributed by atoms with Crippen LogP contribution in [0.4, 0.5) is 0 Å². The van der Waals surface area contributed by atoms with Crippen LogP contribution in [0.25, 0.3) is 12.2 Å². The van der Waals surface area contributed by atoms with Gasteiger partial charge >= 0.3 is 0 Å². The first-order chi connectivity index (χ1) is 15.7. The fourth-order valence-electron chi connectivity index (χ4n) is 3.20. The zero-order chi connectivity index (χ0) is 22.9. The summed E-state index contributed by atoms with van der Waals surface area (Å²) in [6.07, 6.45) is 16.4. The molecule has 2 aromatic carbocycles. The van der Waals surface area contributed by atoms with E-state index in [9.17, 15) is 4.79 Å². The number of ketones is 1. The summed E-state index contributed by atoms with van der Waals surface area (Å²) >= 11 is 0. The third-order valence-corrected chi connectivity index (χ3v) is 5.17. The van der Waals surface area contributed by atoms with Gasteiger partial charge in [0.2, 0.25) is 0 Å². The molecule has 0 aliphatic carbocycles. The minimum absolute atomic E-state index is 0.0440. The summed E-state index contributed by atoms with van der Waals surface area (Å²) in [4.78, 5) is 12.2. The first-order valence-electron chi connectivity index (χ1n) is 12.1. The van der Waals surface area contributed by atoms with E-state index >= 15 is 0 Å². The number of ether oxygens (including phenoxy) is 2. The number of carbonyl (C=O) groups is 1. The lowest BCUT2D eigenvalue weighted by Crippen LogP contribution is -1.97. The Hall–Kier alpha value is -2.81. The number of hydrogen-bond donors (Lipinski definition) is 0. The maximum Gasteiger partial charge on any atom is 0.178 e. The van der Waals surface area contributed by atoms with Gasteiger partial charge in [0.05, 0.1) is 13.2 Å². The van der Waals surface area contributed by atoms with Gasteiger partial charge in [-0.2, -0.15) is 0 Å². The largest absolute Gasteiger partial charge is 0.494 e. The van der Waals surface area contributed by atoms with Gasteiger partial charge in [-0.1, -0.05) is 88.8 Å². The molecule has 0 atom stereocenters. The van der Waals surface area contributed by atoms with Crippen LogP contribution >= 0.6 is 0 Å². The van der Waals surface area contributed by atoms with Crippen molar-refractivity contribution in [1.29, 1.82) is 0 Å². The van der Waals surface area contributed by atoms with E-state index in [2.05, 4.69) is 13.8 Å². The highest BCUT2D eigenvalue weighted by Crippen LogP contribution is 2.15. The van der Waals surface area contributed by atoms with Crippen molar-refractivity contribution in [2.24, 2.45) is 0 Å². The normalized spacial score (nSPS) is 11.3. The predicted octanol–water partition coefficient (Wildman–Crippen LogP) is 7.90. The Morgan fingerprint density at radius 2 is 1.03 bits per heavy atom. The Balaban J connectivity index is 1.73. The zero-order valence-electron chi connectivity index (χ0n) is 19.7. The molecule has 0 N–H and O–H groups in total. The van der Waals surface area contributed by atoms with Crippen LogP contribution in [-0.4, -0.2) is 19.0 Å². The highest BCUT2D eigenvalue weighted by Gasteiger charge is 1.97. The van der Waals surface area contributed by atoms with E-state index in [4.69, 9.17) is 9.47 Å². The molecule has 0 amide bonds. The number of benzene rings is 2. The van der Waals surface area contributed by atoms with Crippen LogP contribution in [0.1, 0.15) is 76.3 Å². The summed E-state index contributed by atoms with van der Waals surface area (Å²) in [5, 5.41) is 0. The predicted molar refractivity (Wildman–Crippen MR) is 135 cm³/mol. The second kappa shape index (κ2) is 15.9. The summed E-state index contributed by atoms with van der Waals surface area (Å²) in [7, 11) is 0. The number of unbranched alkanes of at least 4 members (excludes halogenated alkanes) is 6. The standard InChI is InChI=1S/C29H38O3/c1-3-5-7-9-23-31-28-19-13-25(14-20-28)11-17-27(30)18-12-26-15-21-29(22-16-26)32-24-10-8-6-4-2/h11-22H,3-10,23-24H2,1-2H3/b17-11-,18-12+. The molecule has 0 fully saturated rings. The van der Waals surface area contributed by atoms with Gasteiger partial charge in [-0.25, -0.2) is 0 Å². The maximum atomic E-state index is 12.2. The van der Waals surface area contributed by atoms with Crippen LogP contribution in [0.5, 0.6) is 11.5 Å². The molecule has 0 saturated carbocycles. The van der Waals surface area contributed by atoms with E-state index in [1.54, 1.807) is 12.2 Å². The molecule has 0 saturated heterocycles. The Kier molecular flexibility index (Phi) is 12.7. The van der Waals surface area contributed by atoms with Crippen LogP contribution in [0, 0.1) is 0 Å². The van der Waals surface area contributed by atoms with Crippen molar-refractivity contribution < 1.29 is 14.3 Å². The molecule has 3 nitrogen and oxygen atoms in total. The molecule has 2 rings (SSSR count). The smallest absolute Gasteiger partial charge is 0.178 e. The van der Waals surface area contributed by atoms with Gasteiger partial charge in [0.15, 0.2) is 5.78 Å². The van der Waals surface area contributed by atoms with E-state index in [1.807, 2.05) is 60.7 Å². The average Bonchev–Trinajstić information content (AvgIpc) is 2.82. The first kappa shape index (κ1) is 25.5. The van der Waals surface area contributed by atoms with Crippen molar-refractivity contribution >= 4 is 17.9 Å². The highest BCUT2D eigenvalue weighted by molar-refractivity contribution is 6.04. The van der Waals surface area contributed by atoms with Crippen molar-refractivity contribution in [3.8, 4) is 11.5 Å². The molecule has 0 bridgehead atoms. The van der Waals surface area contributed by atoms with E-state index in [-0.39, 0.29) is 5.78 Å². The molecule has 0 aliphatic heterocycles. The monoisotopic (exact) mass is 434 g/mol. The molecular weight excluding hydrogens is 396 g/mol. The summed E-state index contributed by atoms with van der Waals surface area (Å²) in [5.74, 6) is 1.70. The second-order valence-corrected chi connectivity index (χ2v) is 8.03. The molecule has 0 aliphatic rings. The lowest BCUT2D eigenvalue weighted by molar-refractivity contribution is -0.110. The molecule has 0 heterocycles. The van der Waals surface area contributed by atoms with E-state index < -0.39 is 0 Å². The van der Waals surface area contributed by atoms with Crippen molar-refractivity contribution in [3.05, 3.63) is 71.8 Å². The SMILES string of the molecule is CCCCCCOc1ccc(/C=C\C(=O)/C=C/c2ccc(OCCCCCC)cc2)cc1. The molecule has 0 spiro atoms. The number of hydrogen-bond acceptors (Lipinski definition) is 3. The highest BCUT2D eigenvalue weighted by atomic mass is 16.5.